The van der Waals surface area contributed by atoms with Gasteiger partial charge in [-0.25, -0.2) is 0 Å². The molecule has 0 saturated heterocycles. The molecule has 0 saturated carbocycles. The Balaban J connectivity index is 2.85. The molecule has 1 unspecified atom stereocenters. The molecule has 1 aromatic rings. The lowest BCUT2D eigenvalue weighted by Gasteiger charge is -2.31. The molecule has 0 aliphatic carbocycles. The molecule has 0 fully saturated rings. The van der Waals surface area contributed by atoms with Crippen molar-refractivity contribution in [1.82, 2.24) is 9.27 Å². The Bertz CT molecular complexity index is 335. The highest BCUT2D eigenvalue weighted by Gasteiger charge is 2.18. The van der Waals surface area contributed by atoms with Gasteiger partial charge in [0.1, 0.15) is 10.8 Å². The lowest BCUT2D eigenvalue weighted by atomic mass is 10.2. The molecule has 0 aliphatic heterocycles. The highest BCUT2D eigenvalue weighted by molar-refractivity contribution is 7.10. The fourth-order valence-electron chi connectivity index (χ4n) is 1.89. The summed E-state index contributed by atoms with van der Waals surface area (Å²) in [5.74, 6) is 0.663. The Morgan fingerprint density at radius 2 is 2.06 bits per heavy atom. The maximum atomic E-state index is 5.80. The van der Waals surface area contributed by atoms with E-state index in [0.717, 1.165) is 18.7 Å². The highest BCUT2D eigenvalue weighted by atomic mass is 32.1. The monoisotopic (exact) mass is 242 g/mol. The third-order valence-corrected chi connectivity index (χ3v) is 3.70. The van der Waals surface area contributed by atoms with Crippen LogP contribution in [0, 0.1) is 6.92 Å². The van der Waals surface area contributed by atoms with Crippen molar-refractivity contribution in [3.05, 3.63) is 5.56 Å². The van der Waals surface area contributed by atoms with Crippen molar-refractivity contribution in [2.45, 2.75) is 26.8 Å². The molecule has 0 aliphatic rings. The zero-order valence-corrected chi connectivity index (χ0v) is 11.6. The standard InChI is InChI=1S/C11H22N4S/c1-6-15(8(2)7-14(4)5)11-9(3)10(12)13-16-11/h8H,6-7H2,1-5H3,(H2,12,13). The number of anilines is 2. The van der Waals surface area contributed by atoms with Crippen LogP contribution in [-0.4, -0.2) is 42.5 Å². The maximum Gasteiger partial charge on any atom is 0.142 e. The summed E-state index contributed by atoms with van der Waals surface area (Å²) in [6.45, 7) is 8.46. The van der Waals surface area contributed by atoms with Crippen LogP contribution in [-0.2, 0) is 0 Å². The average Bonchev–Trinajstić information content (AvgIpc) is 2.50. The molecule has 16 heavy (non-hydrogen) atoms. The number of nitrogens with two attached hydrogens (primary N) is 1. The summed E-state index contributed by atoms with van der Waals surface area (Å²) in [6, 6.07) is 0.471. The lowest BCUT2D eigenvalue weighted by Crippen LogP contribution is -2.40. The van der Waals surface area contributed by atoms with Crippen LogP contribution < -0.4 is 10.6 Å². The zero-order valence-electron chi connectivity index (χ0n) is 10.8. The lowest BCUT2D eigenvalue weighted by molar-refractivity contribution is 0.373. The molecule has 5 heteroatoms. The first-order valence-electron chi connectivity index (χ1n) is 5.60. The van der Waals surface area contributed by atoms with E-state index in [-0.39, 0.29) is 0 Å². The molecule has 1 heterocycles. The summed E-state index contributed by atoms with van der Waals surface area (Å²) >= 11 is 1.50. The minimum absolute atomic E-state index is 0.471. The van der Waals surface area contributed by atoms with E-state index in [1.54, 1.807) is 0 Å². The van der Waals surface area contributed by atoms with Crippen LogP contribution in [0.2, 0.25) is 0 Å². The molecule has 1 rings (SSSR count). The Morgan fingerprint density at radius 1 is 1.44 bits per heavy atom. The summed E-state index contributed by atoms with van der Waals surface area (Å²) in [5.41, 5.74) is 6.91. The largest absolute Gasteiger partial charge is 0.383 e. The normalized spacial score (nSPS) is 13.1. The van der Waals surface area contributed by atoms with Gasteiger partial charge in [-0.3, -0.25) is 0 Å². The molecule has 92 valence electrons. The van der Waals surface area contributed by atoms with Crippen LogP contribution >= 0.6 is 11.5 Å². The molecule has 0 radical (unpaired) electrons. The number of hydrogen-bond acceptors (Lipinski definition) is 5. The van der Waals surface area contributed by atoms with Crippen LogP contribution in [0.1, 0.15) is 19.4 Å². The summed E-state index contributed by atoms with van der Waals surface area (Å²) < 4.78 is 4.21. The molecule has 0 aromatic carbocycles. The van der Waals surface area contributed by atoms with E-state index < -0.39 is 0 Å². The predicted octanol–water partition coefficient (Wildman–Crippen LogP) is 1.81. The van der Waals surface area contributed by atoms with E-state index in [1.165, 1.54) is 16.5 Å². The van der Waals surface area contributed by atoms with Gasteiger partial charge in [0.15, 0.2) is 0 Å². The first kappa shape index (κ1) is 13.3. The van der Waals surface area contributed by atoms with Crippen molar-refractivity contribution in [1.29, 1.82) is 0 Å². The minimum Gasteiger partial charge on any atom is -0.383 e. The Labute approximate surface area is 102 Å². The molecule has 4 nitrogen and oxygen atoms in total. The van der Waals surface area contributed by atoms with Gasteiger partial charge >= 0.3 is 0 Å². The van der Waals surface area contributed by atoms with Crippen LogP contribution in [0.15, 0.2) is 0 Å². The first-order chi connectivity index (χ1) is 7.47. The number of nitrogens with zero attached hydrogens (tertiary/aromatic N) is 3. The topological polar surface area (TPSA) is 45.4 Å². The SMILES string of the molecule is CCN(c1snc(N)c1C)C(C)CN(C)C. The van der Waals surface area contributed by atoms with Crippen molar-refractivity contribution in [3.8, 4) is 0 Å². The number of rotatable bonds is 5. The molecule has 1 aromatic heterocycles. The van der Waals surface area contributed by atoms with E-state index in [9.17, 15) is 0 Å². The fraction of sp³-hybridized carbons (Fsp3) is 0.727. The van der Waals surface area contributed by atoms with Crippen LogP contribution in [0.25, 0.3) is 0 Å². The molecule has 0 amide bonds. The summed E-state index contributed by atoms with van der Waals surface area (Å²) in [5, 5.41) is 1.20. The second kappa shape index (κ2) is 5.50. The van der Waals surface area contributed by atoms with Crippen molar-refractivity contribution in [2.75, 3.05) is 37.8 Å². The maximum absolute atomic E-state index is 5.80. The van der Waals surface area contributed by atoms with E-state index in [1.807, 2.05) is 6.92 Å². The number of likely N-dealkylation sites (N-methyl/N-ethyl adjacent to an activating group) is 2. The Hall–Kier alpha value is -0.810. The third-order valence-electron chi connectivity index (χ3n) is 2.70. The van der Waals surface area contributed by atoms with E-state index in [4.69, 9.17) is 5.73 Å². The van der Waals surface area contributed by atoms with Crippen LogP contribution in [0.3, 0.4) is 0 Å². The van der Waals surface area contributed by atoms with Crippen molar-refractivity contribution in [3.63, 3.8) is 0 Å². The van der Waals surface area contributed by atoms with Crippen LogP contribution in [0.4, 0.5) is 10.8 Å². The molecular weight excluding hydrogens is 220 g/mol. The smallest absolute Gasteiger partial charge is 0.142 e. The van der Waals surface area contributed by atoms with E-state index in [0.29, 0.717) is 11.9 Å². The van der Waals surface area contributed by atoms with Crippen molar-refractivity contribution in [2.24, 2.45) is 0 Å². The average molecular weight is 242 g/mol. The quantitative estimate of drug-likeness (QED) is 0.855. The third kappa shape index (κ3) is 2.86. The molecule has 2 N–H and O–H groups in total. The van der Waals surface area contributed by atoms with E-state index in [2.05, 4.69) is 42.1 Å². The second-order valence-electron chi connectivity index (χ2n) is 4.40. The summed E-state index contributed by atoms with van der Waals surface area (Å²) in [7, 11) is 4.19. The Kier molecular flexibility index (Phi) is 4.56. The molecule has 0 bridgehead atoms. The van der Waals surface area contributed by atoms with Crippen molar-refractivity contribution < 1.29 is 0 Å². The number of nitrogen functional groups attached to an aromatic ring is 1. The van der Waals surface area contributed by atoms with Gasteiger partial charge in [0.05, 0.1) is 0 Å². The minimum atomic E-state index is 0.471. The second-order valence-corrected chi connectivity index (χ2v) is 5.15. The van der Waals surface area contributed by atoms with Gasteiger partial charge in [0, 0.05) is 24.7 Å². The molecule has 0 spiro atoms. The van der Waals surface area contributed by atoms with Gasteiger partial charge in [-0.2, -0.15) is 4.37 Å². The van der Waals surface area contributed by atoms with Crippen LogP contribution in [0.5, 0.6) is 0 Å². The van der Waals surface area contributed by atoms with Crippen molar-refractivity contribution >= 4 is 22.4 Å². The fourth-order valence-corrected chi connectivity index (χ4v) is 2.87. The molecular formula is C11H22N4S. The highest BCUT2D eigenvalue weighted by Crippen LogP contribution is 2.30. The Morgan fingerprint density at radius 3 is 2.44 bits per heavy atom. The van der Waals surface area contributed by atoms with Gasteiger partial charge < -0.3 is 15.5 Å². The van der Waals surface area contributed by atoms with Gasteiger partial charge in [-0.15, -0.1) is 0 Å². The first-order valence-corrected chi connectivity index (χ1v) is 6.37. The predicted molar refractivity (Wildman–Crippen MR) is 72.3 cm³/mol. The van der Waals surface area contributed by atoms with E-state index >= 15 is 0 Å². The van der Waals surface area contributed by atoms with Gasteiger partial charge in [-0.1, -0.05) is 0 Å². The van der Waals surface area contributed by atoms with Gasteiger partial charge in [-0.05, 0) is 46.4 Å². The summed E-state index contributed by atoms with van der Waals surface area (Å²) in [4.78, 5) is 4.57. The van der Waals surface area contributed by atoms with Gasteiger partial charge in [0.2, 0.25) is 0 Å². The van der Waals surface area contributed by atoms with Gasteiger partial charge in [0.25, 0.3) is 0 Å². The molecule has 1 atom stereocenters. The summed E-state index contributed by atoms with van der Waals surface area (Å²) in [6.07, 6.45) is 0. The number of aromatic nitrogens is 1. The number of hydrogen-bond donors (Lipinski definition) is 1. The zero-order chi connectivity index (χ0) is 12.3.